The number of anilines is 1. The van der Waals surface area contributed by atoms with Crippen molar-refractivity contribution >= 4 is 45.3 Å². The summed E-state index contributed by atoms with van der Waals surface area (Å²) in [5.74, 6) is -0.386. The van der Waals surface area contributed by atoms with Crippen LogP contribution in [0, 0.1) is 5.41 Å². The quantitative estimate of drug-likeness (QED) is 0.448. The summed E-state index contributed by atoms with van der Waals surface area (Å²) in [6, 6.07) is 0. The monoisotopic (exact) mass is 258 g/mol. The van der Waals surface area contributed by atoms with E-state index in [1.165, 1.54) is 11.3 Å². The van der Waals surface area contributed by atoms with Crippen LogP contribution in [0.25, 0.3) is 0 Å². The fraction of sp³-hybridized carbons (Fsp3) is 0.143. The standard InChI is InChI=1S/C7H10N6OS2/c8-5(9)13-6(10)16-3-4(14)12-7-11-1-2-15-7/h1-2H,3H2,(H,11,12,14)(H5,8,9,10,13). The van der Waals surface area contributed by atoms with Gasteiger partial charge in [-0.1, -0.05) is 11.8 Å². The number of nitrogens with one attached hydrogen (secondary N) is 2. The molecule has 0 aromatic carbocycles. The fourth-order valence-corrected chi connectivity index (χ4v) is 1.78. The molecule has 0 fully saturated rings. The maximum Gasteiger partial charge on any atom is 0.236 e. The molecule has 0 spiro atoms. The summed E-state index contributed by atoms with van der Waals surface area (Å²) in [5.41, 5.74) is 10.1. The molecule has 1 aromatic heterocycles. The van der Waals surface area contributed by atoms with Crippen molar-refractivity contribution in [3.63, 3.8) is 0 Å². The Hall–Kier alpha value is -1.61. The average Bonchev–Trinajstić information content (AvgIpc) is 2.66. The minimum absolute atomic E-state index is 0.0647. The highest BCUT2D eigenvalue weighted by molar-refractivity contribution is 8.14. The van der Waals surface area contributed by atoms with Crippen molar-refractivity contribution in [1.29, 1.82) is 5.41 Å². The summed E-state index contributed by atoms with van der Waals surface area (Å²) < 4.78 is 0. The van der Waals surface area contributed by atoms with Crippen LogP contribution in [0.1, 0.15) is 0 Å². The molecule has 0 aliphatic rings. The third-order valence-electron chi connectivity index (χ3n) is 1.25. The van der Waals surface area contributed by atoms with E-state index in [1.807, 2.05) is 0 Å². The molecule has 16 heavy (non-hydrogen) atoms. The number of hydrogen-bond donors (Lipinski definition) is 4. The van der Waals surface area contributed by atoms with Gasteiger partial charge in [0, 0.05) is 11.6 Å². The number of guanidine groups is 1. The number of nitrogens with two attached hydrogens (primary N) is 2. The molecule has 1 amide bonds. The third kappa shape index (κ3) is 4.75. The smallest absolute Gasteiger partial charge is 0.236 e. The highest BCUT2D eigenvalue weighted by Gasteiger charge is 2.06. The molecule has 9 heteroatoms. The average molecular weight is 258 g/mol. The molecule has 0 saturated heterocycles. The number of carbonyl (C=O) groups excluding carboxylic acids is 1. The van der Waals surface area contributed by atoms with E-state index in [1.54, 1.807) is 11.6 Å². The Bertz CT molecular complexity index is 397. The number of hydrogen-bond acceptors (Lipinski definition) is 5. The van der Waals surface area contributed by atoms with Crippen LogP contribution in [-0.2, 0) is 4.79 Å². The van der Waals surface area contributed by atoms with E-state index < -0.39 is 0 Å². The summed E-state index contributed by atoms with van der Waals surface area (Å²) in [7, 11) is 0. The summed E-state index contributed by atoms with van der Waals surface area (Å²) in [4.78, 5) is 18.7. The number of amidine groups is 1. The molecule has 7 nitrogen and oxygen atoms in total. The van der Waals surface area contributed by atoms with Gasteiger partial charge in [0.05, 0.1) is 5.75 Å². The number of thioether (sulfide) groups is 1. The second-order valence-corrected chi connectivity index (χ2v) is 4.37. The Kier molecular flexibility index (Phi) is 4.73. The van der Waals surface area contributed by atoms with Crippen LogP contribution in [0.3, 0.4) is 0 Å². The minimum Gasteiger partial charge on any atom is -0.370 e. The van der Waals surface area contributed by atoms with E-state index in [9.17, 15) is 4.79 Å². The van der Waals surface area contributed by atoms with Crippen molar-refractivity contribution in [3.05, 3.63) is 11.6 Å². The molecule has 0 unspecified atom stereocenters. The molecule has 0 aliphatic carbocycles. The van der Waals surface area contributed by atoms with Gasteiger partial charge in [0.15, 0.2) is 16.3 Å². The minimum atomic E-state index is -0.254. The van der Waals surface area contributed by atoms with E-state index in [0.717, 1.165) is 11.8 Å². The molecular formula is C7H10N6OS2. The van der Waals surface area contributed by atoms with E-state index >= 15 is 0 Å². The van der Waals surface area contributed by atoms with Crippen LogP contribution >= 0.6 is 23.1 Å². The van der Waals surface area contributed by atoms with E-state index in [-0.39, 0.29) is 22.8 Å². The third-order valence-corrected chi connectivity index (χ3v) is 2.71. The number of amides is 1. The molecule has 0 aliphatic heterocycles. The number of rotatable bonds is 3. The highest BCUT2D eigenvalue weighted by atomic mass is 32.2. The number of nitrogens with zero attached hydrogens (tertiary/aromatic N) is 2. The van der Waals surface area contributed by atoms with Crippen LogP contribution in [0.5, 0.6) is 0 Å². The molecule has 1 rings (SSSR count). The lowest BCUT2D eigenvalue weighted by Gasteiger charge is -2.00. The molecular weight excluding hydrogens is 248 g/mol. The van der Waals surface area contributed by atoms with Gasteiger partial charge in [-0.3, -0.25) is 10.2 Å². The first-order valence-corrected chi connectivity index (χ1v) is 5.95. The summed E-state index contributed by atoms with van der Waals surface area (Å²) in [6.07, 6.45) is 1.59. The van der Waals surface area contributed by atoms with E-state index in [0.29, 0.717) is 5.13 Å². The molecule has 86 valence electrons. The van der Waals surface area contributed by atoms with Crippen molar-refractivity contribution in [1.82, 2.24) is 4.98 Å². The molecule has 0 atom stereocenters. The Morgan fingerprint density at radius 2 is 2.44 bits per heavy atom. The van der Waals surface area contributed by atoms with Gasteiger partial charge in [0.1, 0.15) is 0 Å². The number of aromatic nitrogens is 1. The van der Waals surface area contributed by atoms with Crippen LogP contribution in [0.2, 0.25) is 0 Å². The number of aliphatic imine (C=N–C) groups is 1. The maximum absolute atomic E-state index is 11.3. The lowest BCUT2D eigenvalue weighted by molar-refractivity contribution is -0.113. The Morgan fingerprint density at radius 3 is 3.00 bits per heavy atom. The van der Waals surface area contributed by atoms with Crippen LogP contribution in [-0.4, -0.2) is 27.8 Å². The maximum atomic E-state index is 11.3. The van der Waals surface area contributed by atoms with Crippen LogP contribution in [0.4, 0.5) is 5.13 Å². The fourth-order valence-electron chi connectivity index (χ4n) is 0.724. The molecule has 0 radical (unpaired) electrons. The van der Waals surface area contributed by atoms with Crippen molar-refractivity contribution in [2.24, 2.45) is 16.5 Å². The van der Waals surface area contributed by atoms with Gasteiger partial charge < -0.3 is 16.8 Å². The summed E-state index contributed by atoms with van der Waals surface area (Å²) >= 11 is 2.26. The Labute approximate surface area is 99.8 Å². The van der Waals surface area contributed by atoms with Gasteiger partial charge in [-0.05, 0) is 0 Å². The van der Waals surface area contributed by atoms with Gasteiger partial charge in [-0.2, -0.15) is 4.99 Å². The van der Waals surface area contributed by atoms with Gasteiger partial charge >= 0.3 is 0 Å². The van der Waals surface area contributed by atoms with Gasteiger partial charge in [0.25, 0.3) is 0 Å². The van der Waals surface area contributed by atoms with Crippen molar-refractivity contribution in [2.45, 2.75) is 0 Å². The predicted molar refractivity (Wildman–Crippen MR) is 66.7 cm³/mol. The predicted octanol–water partition coefficient (Wildman–Crippen LogP) is 0.0230. The van der Waals surface area contributed by atoms with E-state index in [2.05, 4.69) is 15.3 Å². The second kappa shape index (κ2) is 6.08. The van der Waals surface area contributed by atoms with Gasteiger partial charge in [-0.25, -0.2) is 4.98 Å². The number of thiazole rings is 1. The normalized spacial score (nSPS) is 9.50. The zero-order valence-corrected chi connectivity index (χ0v) is 9.77. The SMILES string of the molecule is N=C(N=C(N)N)SCC(=O)Nc1nccs1. The van der Waals surface area contributed by atoms with Crippen LogP contribution < -0.4 is 16.8 Å². The lowest BCUT2D eigenvalue weighted by atomic mass is 10.7. The molecule has 0 bridgehead atoms. The van der Waals surface area contributed by atoms with Gasteiger partial charge in [-0.15, -0.1) is 11.3 Å². The first-order chi connectivity index (χ1) is 7.58. The summed E-state index contributed by atoms with van der Waals surface area (Å²) in [6.45, 7) is 0. The first kappa shape index (κ1) is 12.5. The highest BCUT2D eigenvalue weighted by Crippen LogP contribution is 2.11. The molecule has 1 aromatic rings. The summed E-state index contributed by atoms with van der Waals surface area (Å²) in [5, 5.41) is 12.0. The zero-order valence-electron chi connectivity index (χ0n) is 8.14. The van der Waals surface area contributed by atoms with Crippen molar-refractivity contribution in [2.75, 3.05) is 11.1 Å². The Morgan fingerprint density at radius 1 is 1.69 bits per heavy atom. The molecule has 6 N–H and O–H groups in total. The second-order valence-electron chi connectivity index (χ2n) is 2.52. The van der Waals surface area contributed by atoms with Crippen molar-refractivity contribution < 1.29 is 4.79 Å². The Balaban J connectivity index is 2.31. The lowest BCUT2D eigenvalue weighted by Crippen LogP contribution is -2.24. The molecule has 1 heterocycles. The van der Waals surface area contributed by atoms with Crippen LogP contribution in [0.15, 0.2) is 16.6 Å². The van der Waals surface area contributed by atoms with E-state index in [4.69, 9.17) is 16.9 Å². The molecule has 0 saturated carbocycles. The van der Waals surface area contributed by atoms with Crippen molar-refractivity contribution in [3.8, 4) is 0 Å². The van der Waals surface area contributed by atoms with Gasteiger partial charge in [0.2, 0.25) is 5.91 Å². The first-order valence-electron chi connectivity index (χ1n) is 4.08. The number of carbonyl (C=O) groups is 1. The topological polar surface area (TPSA) is 130 Å². The zero-order chi connectivity index (χ0) is 12.0. The largest absolute Gasteiger partial charge is 0.370 e.